The van der Waals surface area contributed by atoms with Crippen LogP contribution in [0.4, 0.5) is 5.88 Å². The topological polar surface area (TPSA) is 96.9 Å². The number of carbonyl (C=O) groups excluding carboxylic acids is 2. The molecule has 124 valence electrons. The van der Waals surface area contributed by atoms with Gasteiger partial charge in [-0.2, -0.15) is 0 Å². The molecular weight excluding hydrogens is 382 g/mol. The summed E-state index contributed by atoms with van der Waals surface area (Å²) in [5, 5.41) is 13.3. The second-order valence-electron chi connectivity index (χ2n) is 5.11. The number of halogens is 1. The first-order chi connectivity index (χ1) is 11.5. The summed E-state index contributed by atoms with van der Waals surface area (Å²) in [6, 6.07) is 9.15. The molecule has 9 heteroatoms. The van der Waals surface area contributed by atoms with Crippen LogP contribution in [0, 0.1) is 10.1 Å². The molecule has 0 N–H and O–H groups in total. The molecule has 1 aromatic carbocycles. The highest BCUT2D eigenvalue weighted by molar-refractivity contribution is 9.10. The highest BCUT2D eigenvalue weighted by Crippen LogP contribution is 2.22. The van der Waals surface area contributed by atoms with Crippen molar-refractivity contribution in [2.24, 2.45) is 0 Å². The zero-order valence-electron chi connectivity index (χ0n) is 12.3. The maximum atomic E-state index is 12.6. The van der Waals surface area contributed by atoms with E-state index >= 15 is 0 Å². The van der Waals surface area contributed by atoms with Crippen LogP contribution in [0.1, 0.15) is 27.3 Å². The monoisotopic (exact) mass is 393 g/mol. The SMILES string of the molecule is O=C(c1ccc(Br)cc1)N1CCCN1C(=O)c1ccc([N+](=O)[O-])o1. The number of carbonyl (C=O) groups is 2. The molecule has 1 aromatic heterocycles. The van der Waals surface area contributed by atoms with E-state index in [9.17, 15) is 19.7 Å². The number of furan rings is 1. The van der Waals surface area contributed by atoms with E-state index in [0.717, 1.165) is 10.5 Å². The summed E-state index contributed by atoms with van der Waals surface area (Å²) in [7, 11) is 0. The minimum atomic E-state index is -0.717. The molecule has 8 nitrogen and oxygen atoms in total. The minimum Gasteiger partial charge on any atom is -0.395 e. The zero-order valence-corrected chi connectivity index (χ0v) is 13.9. The van der Waals surface area contributed by atoms with Crippen molar-refractivity contribution in [3.05, 3.63) is 62.3 Å². The summed E-state index contributed by atoms with van der Waals surface area (Å²) in [5.74, 6) is -1.57. The van der Waals surface area contributed by atoms with Gasteiger partial charge in [-0.05, 0) is 36.8 Å². The molecule has 0 unspecified atom stereocenters. The number of amides is 2. The fourth-order valence-electron chi connectivity index (χ4n) is 2.44. The summed E-state index contributed by atoms with van der Waals surface area (Å²) in [6.45, 7) is 0.735. The fourth-order valence-corrected chi connectivity index (χ4v) is 2.71. The molecular formula is C15H12BrN3O5. The third-order valence-corrected chi connectivity index (χ3v) is 4.10. The van der Waals surface area contributed by atoms with Gasteiger partial charge in [-0.1, -0.05) is 15.9 Å². The summed E-state index contributed by atoms with van der Waals surface area (Å²) < 4.78 is 5.78. The molecule has 1 aliphatic heterocycles. The largest absolute Gasteiger partial charge is 0.433 e. The second-order valence-corrected chi connectivity index (χ2v) is 6.03. The molecule has 2 heterocycles. The van der Waals surface area contributed by atoms with Crippen molar-refractivity contribution in [1.29, 1.82) is 0 Å². The maximum Gasteiger partial charge on any atom is 0.433 e. The van der Waals surface area contributed by atoms with Gasteiger partial charge in [0.25, 0.3) is 5.91 Å². The molecule has 0 radical (unpaired) electrons. The predicted octanol–water partition coefficient (Wildman–Crippen LogP) is 2.85. The number of benzene rings is 1. The highest BCUT2D eigenvalue weighted by atomic mass is 79.9. The molecule has 1 fully saturated rings. The van der Waals surface area contributed by atoms with Crippen LogP contribution in [0.15, 0.2) is 45.3 Å². The predicted molar refractivity (Wildman–Crippen MR) is 86.2 cm³/mol. The Morgan fingerprint density at radius 3 is 2.25 bits per heavy atom. The number of nitrogens with zero attached hydrogens (tertiary/aromatic N) is 3. The first kappa shape index (κ1) is 16.2. The van der Waals surface area contributed by atoms with E-state index in [-0.39, 0.29) is 11.7 Å². The van der Waals surface area contributed by atoms with E-state index in [1.54, 1.807) is 24.3 Å². The molecule has 1 aliphatic rings. The van der Waals surface area contributed by atoms with Crippen LogP contribution in [0.2, 0.25) is 0 Å². The van der Waals surface area contributed by atoms with Crippen molar-refractivity contribution in [2.45, 2.75) is 6.42 Å². The average molecular weight is 394 g/mol. The van der Waals surface area contributed by atoms with Gasteiger partial charge < -0.3 is 4.42 Å². The van der Waals surface area contributed by atoms with Crippen molar-refractivity contribution in [1.82, 2.24) is 10.0 Å². The van der Waals surface area contributed by atoms with Gasteiger partial charge in [0.2, 0.25) is 5.76 Å². The van der Waals surface area contributed by atoms with Crippen molar-refractivity contribution < 1.29 is 18.9 Å². The van der Waals surface area contributed by atoms with Gasteiger partial charge in [-0.25, -0.2) is 10.0 Å². The van der Waals surface area contributed by atoms with Crippen LogP contribution in [-0.2, 0) is 0 Å². The minimum absolute atomic E-state index is 0.169. The van der Waals surface area contributed by atoms with Gasteiger partial charge in [-0.15, -0.1) is 0 Å². The first-order valence-electron chi connectivity index (χ1n) is 7.11. The summed E-state index contributed by atoms with van der Waals surface area (Å²) in [6.07, 6.45) is 0.622. The van der Waals surface area contributed by atoms with Crippen LogP contribution in [-0.4, -0.2) is 39.8 Å². The van der Waals surface area contributed by atoms with Gasteiger partial charge in [0.1, 0.15) is 4.92 Å². The van der Waals surface area contributed by atoms with E-state index in [2.05, 4.69) is 15.9 Å². The van der Waals surface area contributed by atoms with E-state index < -0.39 is 16.7 Å². The van der Waals surface area contributed by atoms with Crippen LogP contribution >= 0.6 is 15.9 Å². The number of nitro groups is 1. The molecule has 2 aromatic rings. The fraction of sp³-hybridized carbons (Fsp3) is 0.200. The second kappa shape index (κ2) is 6.44. The molecule has 0 spiro atoms. The normalized spacial score (nSPS) is 14.0. The lowest BCUT2D eigenvalue weighted by Gasteiger charge is -2.27. The average Bonchev–Trinajstić information content (AvgIpc) is 3.24. The van der Waals surface area contributed by atoms with Crippen molar-refractivity contribution >= 4 is 33.6 Å². The van der Waals surface area contributed by atoms with Crippen LogP contribution < -0.4 is 0 Å². The van der Waals surface area contributed by atoms with Crippen molar-refractivity contribution in [3.8, 4) is 0 Å². The third-order valence-electron chi connectivity index (χ3n) is 3.57. The lowest BCUT2D eigenvalue weighted by molar-refractivity contribution is -0.402. The van der Waals surface area contributed by atoms with Gasteiger partial charge in [0.05, 0.1) is 6.07 Å². The molecule has 0 bridgehead atoms. The lowest BCUT2D eigenvalue weighted by atomic mass is 10.2. The van der Waals surface area contributed by atoms with E-state index in [1.807, 2.05) is 0 Å². The molecule has 3 rings (SSSR count). The number of hydrogen-bond acceptors (Lipinski definition) is 5. The van der Waals surface area contributed by atoms with Crippen LogP contribution in [0.3, 0.4) is 0 Å². The van der Waals surface area contributed by atoms with E-state index in [0.29, 0.717) is 25.1 Å². The number of rotatable bonds is 3. The Bertz CT molecular complexity index is 802. The van der Waals surface area contributed by atoms with Crippen LogP contribution in [0.25, 0.3) is 0 Å². The molecule has 0 atom stereocenters. The van der Waals surface area contributed by atoms with Crippen molar-refractivity contribution in [3.63, 3.8) is 0 Å². The van der Waals surface area contributed by atoms with Crippen molar-refractivity contribution in [2.75, 3.05) is 13.1 Å². The quantitative estimate of drug-likeness (QED) is 0.589. The van der Waals surface area contributed by atoms with E-state index in [4.69, 9.17) is 4.42 Å². The molecule has 1 saturated heterocycles. The summed E-state index contributed by atoms with van der Waals surface area (Å²) in [5.41, 5.74) is 0.448. The van der Waals surface area contributed by atoms with E-state index in [1.165, 1.54) is 16.1 Å². The standard InChI is InChI=1S/C15H12BrN3O5/c16-11-4-2-10(3-5-11)14(20)17-8-1-9-18(17)15(21)12-6-7-13(24-12)19(22)23/h2-7H,1,8-9H2. The Morgan fingerprint density at radius 2 is 1.67 bits per heavy atom. The van der Waals surface area contributed by atoms with Gasteiger partial charge in [-0.3, -0.25) is 19.7 Å². The summed E-state index contributed by atoms with van der Waals surface area (Å²) in [4.78, 5) is 35.0. The van der Waals surface area contributed by atoms with Crippen LogP contribution in [0.5, 0.6) is 0 Å². The Labute approximate surface area is 144 Å². The Kier molecular flexibility index (Phi) is 4.34. The Balaban J connectivity index is 1.81. The molecule has 2 amide bonds. The highest BCUT2D eigenvalue weighted by Gasteiger charge is 2.34. The first-order valence-corrected chi connectivity index (χ1v) is 7.90. The zero-order chi connectivity index (χ0) is 17.3. The smallest absolute Gasteiger partial charge is 0.395 e. The van der Waals surface area contributed by atoms with Gasteiger partial charge in [0.15, 0.2) is 0 Å². The molecule has 0 aliphatic carbocycles. The third kappa shape index (κ3) is 3.02. The van der Waals surface area contributed by atoms with Gasteiger partial charge >= 0.3 is 11.8 Å². The lowest BCUT2D eigenvalue weighted by Crippen LogP contribution is -2.44. The Morgan fingerprint density at radius 1 is 1.04 bits per heavy atom. The molecule has 24 heavy (non-hydrogen) atoms. The van der Waals surface area contributed by atoms with Gasteiger partial charge in [0, 0.05) is 23.1 Å². The Hall–Kier alpha value is -2.68. The maximum absolute atomic E-state index is 12.6. The molecule has 0 saturated carbocycles. The number of hydrogen-bond donors (Lipinski definition) is 0. The summed E-state index contributed by atoms with van der Waals surface area (Å²) >= 11 is 3.30. The number of hydrazine groups is 1.